The highest BCUT2D eigenvalue weighted by Gasteiger charge is 2.12. The Morgan fingerprint density at radius 1 is 1.56 bits per heavy atom. The number of benzene rings is 1. The summed E-state index contributed by atoms with van der Waals surface area (Å²) in [6.07, 6.45) is -0.0918. The van der Waals surface area contributed by atoms with Gasteiger partial charge in [0, 0.05) is 11.4 Å². The van der Waals surface area contributed by atoms with Gasteiger partial charge in [0.2, 0.25) is 0 Å². The fourth-order valence-corrected chi connectivity index (χ4v) is 1.75. The van der Waals surface area contributed by atoms with Crippen molar-refractivity contribution in [3.63, 3.8) is 0 Å². The van der Waals surface area contributed by atoms with Crippen LogP contribution in [0.1, 0.15) is 30.1 Å². The second-order valence-electron chi connectivity index (χ2n) is 3.63. The third-order valence-corrected chi connectivity index (χ3v) is 2.68. The largest absolute Gasteiger partial charge is 0.469 e. The molecule has 0 aliphatic rings. The van der Waals surface area contributed by atoms with Gasteiger partial charge in [-0.3, -0.25) is 4.79 Å². The van der Waals surface area contributed by atoms with Crippen molar-refractivity contribution in [3.8, 4) is 0 Å². The van der Waals surface area contributed by atoms with Gasteiger partial charge in [-0.2, -0.15) is 0 Å². The molecule has 88 valence electrons. The Kier molecular flexibility index (Phi) is 4.77. The average Bonchev–Trinajstić information content (AvgIpc) is 2.25. The zero-order valence-electron chi connectivity index (χ0n) is 9.37. The molecule has 0 amide bonds. The molecule has 1 N–H and O–H groups in total. The summed E-state index contributed by atoms with van der Waals surface area (Å²) in [5, 5.41) is 10.5. The van der Waals surface area contributed by atoms with Gasteiger partial charge in [0.1, 0.15) is 0 Å². The molecular formula is C12H15ClO3. The van der Waals surface area contributed by atoms with Crippen LogP contribution in [0.3, 0.4) is 0 Å². The van der Waals surface area contributed by atoms with E-state index < -0.39 is 6.10 Å². The Morgan fingerprint density at radius 2 is 2.25 bits per heavy atom. The first-order chi connectivity index (χ1) is 7.54. The maximum Gasteiger partial charge on any atom is 0.305 e. The van der Waals surface area contributed by atoms with E-state index in [0.717, 1.165) is 11.1 Å². The summed E-state index contributed by atoms with van der Waals surface area (Å²) in [4.78, 5) is 10.9. The van der Waals surface area contributed by atoms with Crippen molar-refractivity contribution in [1.29, 1.82) is 0 Å². The molecule has 0 bridgehead atoms. The lowest BCUT2D eigenvalue weighted by atomic mass is 10.0. The number of aliphatic hydroxyl groups is 1. The third-order valence-electron chi connectivity index (χ3n) is 2.44. The molecule has 1 atom stereocenters. The number of aliphatic hydroxyl groups excluding tert-OH is 1. The predicted molar refractivity (Wildman–Crippen MR) is 62.4 cm³/mol. The van der Waals surface area contributed by atoms with Gasteiger partial charge in [0.15, 0.2) is 0 Å². The van der Waals surface area contributed by atoms with Crippen LogP contribution in [0.4, 0.5) is 0 Å². The van der Waals surface area contributed by atoms with Gasteiger partial charge < -0.3 is 9.84 Å². The zero-order valence-corrected chi connectivity index (χ0v) is 10.1. The van der Waals surface area contributed by atoms with E-state index in [1.807, 2.05) is 6.92 Å². The highest BCUT2D eigenvalue weighted by molar-refractivity contribution is 6.30. The van der Waals surface area contributed by atoms with Crippen LogP contribution in [0, 0.1) is 6.92 Å². The smallest absolute Gasteiger partial charge is 0.305 e. The molecule has 0 saturated heterocycles. The number of hydrogen-bond acceptors (Lipinski definition) is 3. The SMILES string of the molecule is COC(=O)CCC(O)c1ccc(Cl)cc1C. The van der Waals surface area contributed by atoms with Gasteiger partial charge in [0.05, 0.1) is 13.2 Å². The molecule has 0 aliphatic carbocycles. The number of ether oxygens (including phenoxy) is 1. The van der Waals surface area contributed by atoms with Crippen LogP contribution in [-0.4, -0.2) is 18.2 Å². The number of rotatable bonds is 4. The Morgan fingerprint density at radius 3 is 2.81 bits per heavy atom. The maximum atomic E-state index is 10.9. The van der Waals surface area contributed by atoms with Gasteiger partial charge >= 0.3 is 5.97 Å². The lowest BCUT2D eigenvalue weighted by Gasteiger charge is -2.13. The monoisotopic (exact) mass is 242 g/mol. The molecule has 1 unspecified atom stereocenters. The summed E-state index contributed by atoms with van der Waals surface area (Å²) in [7, 11) is 1.34. The summed E-state index contributed by atoms with van der Waals surface area (Å²) in [5.74, 6) is -0.314. The minimum absolute atomic E-state index is 0.208. The van der Waals surface area contributed by atoms with Crippen LogP contribution in [0.2, 0.25) is 5.02 Å². The summed E-state index contributed by atoms with van der Waals surface area (Å²) in [6, 6.07) is 5.29. The normalized spacial score (nSPS) is 12.2. The molecule has 16 heavy (non-hydrogen) atoms. The fourth-order valence-electron chi connectivity index (χ4n) is 1.53. The summed E-state index contributed by atoms with van der Waals surface area (Å²) < 4.78 is 4.51. The van der Waals surface area contributed by atoms with Crippen molar-refractivity contribution in [2.24, 2.45) is 0 Å². The number of carbonyl (C=O) groups is 1. The van der Waals surface area contributed by atoms with E-state index in [9.17, 15) is 9.90 Å². The number of methoxy groups -OCH3 is 1. The van der Waals surface area contributed by atoms with E-state index >= 15 is 0 Å². The molecule has 0 radical (unpaired) electrons. The Balaban J connectivity index is 2.65. The van der Waals surface area contributed by atoms with Gasteiger partial charge in [0.25, 0.3) is 0 Å². The number of esters is 1. The minimum Gasteiger partial charge on any atom is -0.469 e. The number of hydrogen-bond donors (Lipinski definition) is 1. The van der Waals surface area contributed by atoms with E-state index in [4.69, 9.17) is 11.6 Å². The average molecular weight is 243 g/mol. The highest BCUT2D eigenvalue weighted by Crippen LogP contribution is 2.24. The number of halogens is 1. The first kappa shape index (κ1) is 13.0. The van der Waals surface area contributed by atoms with Crippen molar-refractivity contribution in [2.45, 2.75) is 25.9 Å². The quantitative estimate of drug-likeness (QED) is 0.826. The standard InChI is InChI=1S/C12H15ClO3/c1-8-7-9(13)3-4-10(8)11(14)5-6-12(15)16-2/h3-4,7,11,14H,5-6H2,1-2H3. The van der Waals surface area contributed by atoms with Crippen molar-refractivity contribution < 1.29 is 14.6 Å². The topological polar surface area (TPSA) is 46.5 Å². The number of aryl methyl sites for hydroxylation is 1. The van der Waals surface area contributed by atoms with Crippen molar-refractivity contribution in [2.75, 3.05) is 7.11 Å². The van der Waals surface area contributed by atoms with Crippen LogP contribution < -0.4 is 0 Å². The lowest BCUT2D eigenvalue weighted by molar-refractivity contribution is -0.141. The van der Waals surface area contributed by atoms with Crippen molar-refractivity contribution in [3.05, 3.63) is 34.3 Å². The van der Waals surface area contributed by atoms with E-state index in [1.165, 1.54) is 7.11 Å². The second-order valence-corrected chi connectivity index (χ2v) is 4.07. The zero-order chi connectivity index (χ0) is 12.1. The summed E-state index contributed by atoms with van der Waals surface area (Å²) >= 11 is 5.82. The molecule has 0 aromatic heterocycles. The Bertz CT molecular complexity index is 377. The molecular weight excluding hydrogens is 228 g/mol. The fraction of sp³-hybridized carbons (Fsp3) is 0.417. The summed E-state index contributed by atoms with van der Waals surface area (Å²) in [6.45, 7) is 1.88. The third kappa shape index (κ3) is 3.51. The summed E-state index contributed by atoms with van der Waals surface area (Å²) in [5.41, 5.74) is 1.72. The molecule has 0 aliphatic heterocycles. The van der Waals surface area contributed by atoms with E-state index in [-0.39, 0.29) is 12.4 Å². The van der Waals surface area contributed by atoms with Gasteiger partial charge in [-0.05, 0) is 36.6 Å². The first-order valence-electron chi connectivity index (χ1n) is 5.05. The molecule has 4 heteroatoms. The molecule has 1 rings (SSSR count). The molecule has 0 spiro atoms. The predicted octanol–water partition coefficient (Wildman–Crippen LogP) is 2.64. The molecule has 1 aromatic carbocycles. The van der Waals surface area contributed by atoms with Gasteiger partial charge in [-0.25, -0.2) is 0 Å². The molecule has 0 fully saturated rings. The molecule has 3 nitrogen and oxygen atoms in total. The maximum absolute atomic E-state index is 10.9. The Hall–Kier alpha value is -1.06. The van der Waals surface area contributed by atoms with E-state index in [2.05, 4.69) is 4.74 Å². The highest BCUT2D eigenvalue weighted by atomic mass is 35.5. The molecule has 1 aromatic rings. The van der Waals surface area contributed by atoms with E-state index in [0.29, 0.717) is 11.4 Å². The minimum atomic E-state index is -0.656. The number of carbonyl (C=O) groups excluding carboxylic acids is 1. The first-order valence-corrected chi connectivity index (χ1v) is 5.43. The van der Waals surface area contributed by atoms with Crippen LogP contribution in [-0.2, 0) is 9.53 Å². The van der Waals surface area contributed by atoms with Crippen molar-refractivity contribution in [1.82, 2.24) is 0 Å². The Labute approximate surface area is 100.0 Å². The van der Waals surface area contributed by atoms with Crippen molar-refractivity contribution >= 4 is 17.6 Å². The lowest BCUT2D eigenvalue weighted by Crippen LogP contribution is -2.06. The van der Waals surface area contributed by atoms with Crippen LogP contribution >= 0.6 is 11.6 Å². The van der Waals surface area contributed by atoms with E-state index in [1.54, 1.807) is 18.2 Å². The van der Waals surface area contributed by atoms with Crippen LogP contribution in [0.5, 0.6) is 0 Å². The molecule has 0 heterocycles. The van der Waals surface area contributed by atoms with Crippen LogP contribution in [0.15, 0.2) is 18.2 Å². The van der Waals surface area contributed by atoms with Gasteiger partial charge in [-0.15, -0.1) is 0 Å². The second kappa shape index (κ2) is 5.87. The molecule has 0 saturated carbocycles. The van der Waals surface area contributed by atoms with Crippen LogP contribution in [0.25, 0.3) is 0 Å². The van der Waals surface area contributed by atoms with Gasteiger partial charge in [-0.1, -0.05) is 17.7 Å².